The van der Waals surface area contributed by atoms with Gasteiger partial charge in [0.1, 0.15) is 12.6 Å². The summed E-state index contributed by atoms with van der Waals surface area (Å²) in [6.07, 6.45) is 6.16. The molecule has 0 aliphatic heterocycles. The van der Waals surface area contributed by atoms with Crippen LogP contribution in [0.5, 0.6) is 0 Å². The van der Waals surface area contributed by atoms with E-state index in [1.165, 1.54) is 5.56 Å². The van der Waals surface area contributed by atoms with E-state index in [1.54, 1.807) is 0 Å². The molecular weight excluding hydrogens is 266 g/mol. The fourth-order valence-corrected chi connectivity index (χ4v) is 3.00. The average Bonchev–Trinajstić information content (AvgIpc) is 2.73. The zero-order valence-corrected chi connectivity index (χ0v) is 12.6. The van der Waals surface area contributed by atoms with Crippen LogP contribution in [0.3, 0.4) is 0 Å². The van der Waals surface area contributed by atoms with Gasteiger partial charge in [0.25, 0.3) is 0 Å². The van der Waals surface area contributed by atoms with Crippen LogP contribution in [-0.2, 0) is 16.0 Å². The summed E-state index contributed by atoms with van der Waals surface area (Å²) < 4.78 is 5.88. The van der Waals surface area contributed by atoms with Crippen LogP contribution in [0.25, 0.3) is 0 Å². The zero-order valence-electron chi connectivity index (χ0n) is 12.6. The molecule has 1 atom stereocenters. The summed E-state index contributed by atoms with van der Waals surface area (Å²) in [5.74, 6) is -0.809. The van der Waals surface area contributed by atoms with Gasteiger partial charge in [-0.15, -0.1) is 0 Å². The van der Waals surface area contributed by atoms with Crippen LogP contribution in [0.2, 0.25) is 0 Å². The fraction of sp³-hybridized carbons (Fsp3) is 0.588. The molecule has 1 unspecified atom stereocenters. The number of rotatable bonds is 6. The number of carbonyl (C=O) groups is 1. The summed E-state index contributed by atoms with van der Waals surface area (Å²) in [4.78, 5) is 11.7. The predicted octanol–water partition coefficient (Wildman–Crippen LogP) is 2.03. The van der Waals surface area contributed by atoms with Gasteiger partial charge in [-0.2, -0.15) is 0 Å². The molecule has 1 aliphatic rings. The molecule has 0 spiro atoms. The van der Waals surface area contributed by atoms with Gasteiger partial charge in [0.15, 0.2) is 5.60 Å². The van der Waals surface area contributed by atoms with Gasteiger partial charge in [0.05, 0.1) is 0 Å². The lowest BCUT2D eigenvalue weighted by Crippen LogP contribution is -2.65. The van der Waals surface area contributed by atoms with Gasteiger partial charge in [0, 0.05) is 6.42 Å². The molecule has 0 radical (unpaired) electrons. The predicted molar refractivity (Wildman–Crippen MR) is 80.8 cm³/mol. The summed E-state index contributed by atoms with van der Waals surface area (Å²) in [5, 5.41) is 9.57. The number of carboxylic acid groups (broad SMARTS) is 1. The molecule has 0 bridgehead atoms. The van der Waals surface area contributed by atoms with Crippen molar-refractivity contribution in [3.8, 4) is 0 Å². The van der Waals surface area contributed by atoms with Crippen molar-refractivity contribution < 1.29 is 20.4 Å². The maximum Gasteiger partial charge on any atom is 0.335 e. The van der Waals surface area contributed by atoms with E-state index in [1.807, 2.05) is 18.2 Å². The topological polar surface area (TPSA) is 74.2 Å². The molecule has 0 aromatic heterocycles. The lowest BCUT2D eigenvalue weighted by atomic mass is 9.94. The highest BCUT2D eigenvalue weighted by Gasteiger charge is 2.40. The van der Waals surface area contributed by atoms with Crippen molar-refractivity contribution in [2.75, 3.05) is 6.61 Å². The second-order valence-corrected chi connectivity index (χ2v) is 6.08. The van der Waals surface area contributed by atoms with E-state index in [4.69, 9.17) is 4.74 Å². The number of hydrogen-bond donors (Lipinski definition) is 2. The molecule has 1 saturated carbocycles. The van der Waals surface area contributed by atoms with Crippen molar-refractivity contribution in [1.29, 1.82) is 0 Å². The molecule has 21 heavy (non-hydrogen) atoms. The van der Waals surface area contributed by atoms with E-state index in [2.05, 4.69) is 17.9 Å². The Labute approximate surface area is 126 Å². The maximum absolute atomic E-state index is 11.7. The molecule has 1 aliphatic carbocycles. The van der Waals surface area contributed by atoms with E-state index in [0.717, 1.165) is 32.1 Å². The van der Waals surface area contributed by atoms with Gasteiger partial charge in [-0.05, 0) is 31.2 Å². The molecule has 0 heterocycles. The number of carboxylic acids is 1. The number of quaternary nitrogens is 1. The summed E-state index contributed by atoms with van der Waals surface area (Å²) in [5.41, 5.74) is 4.34. The van der Waals surface area contributed by atoms with Crippen molar-refractivity contribution in [3.05, 3.63) is 35.9 Å². The lowest BCUT2D eigenvalue weighted by molar-refractivity contribution is -0.429. The van der Waals surface area contributed by atoms with E-state index >= 15 is 0 Å². The van der Waals surface area contributed by atoms with Crippen LogP contribution in [0.4, 0.5) is 0 Å². The number of ether oxygens (including phenoxy) is 1. The third-order valence-electron chi connectivity index (χ3n) is 4.26. The first kappa shape index (κ1) is 16.0. The van der Waals surface area contributed by atoms with Crippen LogP contribution in [0.15, 0.2) is 30.3 Å². The molecule has 116 valence electrons. The molecule has 1 aromatic carbocycles. The van der Waals surface area contributed by atoms with Crippen LogP contribution >= 0.6 is 0 Å². The van der Waals surface area contributed by atoms with Crippen LogP contribution in [0, 0.1) is 0 Å². The van der Waals surface area contributed by atoms with E-state index in [9.17, 15) is 9.90 Å². The first-order valence-electron chi connectivity index (χ1n) is 7.87. The highest BCUT2D eigenvalue weighted by atomic mass is 16.5. The number of aliphatic carboxylic acids is 1. The van der Waals surface area contributed by atoms with Crippen LogP contribution in [0.1, 0.15) is 44.1 Å². The molecule has 0 amide bonds. The molecule has 1 fully saturated rings. The monoisotopic (exact) mass is 292 g/mol. The minimum atomic E-state index is -0.983. The molecular formula is C17H26NO3+. The van der Waals surface area contributed by atoms with Crippen LogP contribution in [-0.4, -0.2) is 29.3 Å². The Bertz CT molecular complexity index is 439. The van der Waals surface area contributed by atoms with E-state index in [0.29, 0.717) is 19.4 Å². The van der Waals surface area contributed by atoms with Gasteiger partial charge in [-0.1, -0.05) is 43.2 Å². The second kappa shape index (κ2) is 7.57. The van der Waals surface area contributed by atoms with Gasteiger partial charge in [-0.3, -0.25) is 0 Å². The van der Waals surface area contributed by atoms with E-state index < -0.39 is 11.6 Å². The average molecular weight is 292 g/mol. The smallest absolute Gasteiger partial charge is 0.335 e. The van der Waals surface area contributed by atoms with E-state index in [-0.39, 0.29) is 6.04 Å². The zero-order chi connectivity index (χ0) is 15.1. The summed E-state index contributed by atoms with van der Waals surface area (Å²) in [6.45, 7) is 0.404. The molecule has 4 heteroatoms. The highest BCUT2D eigenvalue weighted by Crippen LogP contribution is 2.31. The highest BCUT2D eigenvalue weighted by molar-refractivity contribution is 5.77. The fourth-order valence-electron chi connectivity index (χ4n) is 3.00. The molecule has 4 nitrogen and oxygen atoms in total. The SMILES string of the molecule is [NH3+]C(COC1(C(=O)O)CCCCCC1)Cc1ccccc1. The molecule has 4 N–H and O–H groups in total. The van der Waals surface area contributed by atoms with Crippen molar-refractivity contribution >= 4 is 5.97 Å². The molecule has 2 rings (SSSR count). The Hall–Kier alpha value is -1.39. The Morgan fingerprint density at radius 1 is 1.19 bits per heavy atom. The quantitative estimate of drug-likeness (QED) is 0.788. The third-order valence-corrected chi connectivity index (χ3v) is 4.26. The summed E-state index contributed by atoms with van der Waals surface area (Å²) in [6, 6.07) is 10.2. The normalized spacial score (nSPS) is 19.7. The minimum Gasteiger partial charge on any atom is -0.479 e. The Morgan fingerprint density at radius 3 is 2.38 bits per heavy atom. The maximum atomic E-state index is 11.7. The first-order chi connectivity index (χ1) is 10.1. The van der Waals surface area contributed by atoms with Crippen molar-refractivity contribution in [2.24, 2.45) is 0 Å². The van der Waals surface area contributed by atoms with Gasteiger partial charge >= 0.3 is 5.97 Å². The van der Waals surface area contributed by atoms with Gasteiger partial charge < -0.3 is 15.6 Å². The lowest BCUT2D eigenvalue weighted by Gasteiger charge is -2.29. The molecule has 1 aromatic rings. The third kappa shape index (κ3) is 4.55. The van der Waals surface area contributed by atoms with Crippen molar-refractivity contribution in [1.82, 2.24) is 0 Å². The van der Waals surface area contributed by atoms with Crippen molar-refractivity contribution in [2.45, 2.75) is 56.6 Å². The summed E-state index contributed by atoms with van der Waals surface area (Å²) >= 11 is 0. The number of hydrogen-bond acceptors (Lipinski definition) is 2. The Balaban J connectivity index is 1.90. The second-order valence-electron chi connectivity index (χ2n) is 6.08. The minimum absolute atomic E-state index is 0.0758. The van der Waals surface area contributed by atoms with Crippen molar-refractivity contribution in [3.63, 3.8) is 0 Å². The Kier molecular flexibility index (Phi) is 5.76. The standard InChI is InChI=1S/C17H25NO3/c18-15(12-14-8-4-3-5-9-14)13-21-17(16(19)20)10-6-1-2-7-11-17/h3-5,8-9,15H,1-2,6-7,10-13,18H2,(H,19,20)/p+1. The molecule has 0 saturated heterocycles. The van der Waals surface area contributed by atoms with Gasteiger partial charge in [0.2, 0.25) is 0 Å². The first-order valence-corrected chi connectivity index (χ1v) is 7.87. The largest absolute Gasteiger partial charge is 0.479 e. The van der Waals surface area contributed by atoms with Crippen LogP contribution < -0.4 is 5.73 Å². The summed E-state index contributed by atoms with van der Waals surface area (Å²) in [7, 11) is 0. The Morgan fingerprint density at radius 2 is 1.81 bits per heavy atom. The number of benzene rings is 1. The van der Waals surface area contributed by atoms with Gasteiger partial charge in [-0.25, -0.2) is 4.79 Å².